The molecule has 0 radical (unpaired) electrons. The van der Waals surface area contributed by atoms with Crippen molar-refractivity contribution in [3.8, 4) is 0 Å². The molecule has 0 saturated carbocycles. The summed E-state index contributed by atoms with van der Waals surface area (Å²) in [6.07, 6.45) is 4.57. The van der Waals surface area contributed by atoms with E-state index in [1.54, 1.807) is 12.4 Å². The molecule has 0 aliphatic rings. The summed E-state index contributed by atoms with van der Waals surface area (Å²) in [5, 5.41) is 3.60. The second-order valence-electron chi connectivity index (χ2n) is 0.981. The Morgan fingerprint density at radius 2 is 2.43 bits per heavy atom. The standard InChI is InChI=1S/C3H3N3S/c7-6-2-1-4-3-5-6/h1-3H. The van der Waals surface area contributed by atoms with Gasteiger partial charge in [-0.3, -0.25) is 0 Å². The fourth-order valence-electron chi connectivity index (χ4n) is 0.253. The average molecular weight is 113 g/mol. The van der Waals surface area contributed by atoms with Crippen LogP contribution in [0.4, 0.5) is 0 Å². The molecule has 0 unspecified atom stereocenters. The van der Waals surface area contributed by atoms with E-state index in [1.165, 1.54) is 10.4 Å². The molecule has 0 bridgehead atoms. The van der Waals surface area contributed by atoms with E-state index in [2.05, 4.69) is 22.9 Å². The third kappa shape index (κ3) is 1.04. The zero-order chi connectivity index (χ0) is 5.11. The summed E-state index contributed by atoms with van der Waals surface area (Å²) >= 11 is 4.58. The number of hydrogen-bond acceptors (Lipinski definition) is 3. The Balaban J connectivity index is 3.02. The van der Waals surface area contributed by atoms with Gasteiger partial charge in [0.25, 0.3) is 0 Å². The number of aromatic nitrogens is 3. The molecule has 0 spiro atoms. The van der Waals surface area contributed by atoms with E-state index >= 15 is 0 Å². The minimum absolute atomic E-state index is 1.27. The summed E-state index contributed by atoms with van der Waals surface area (Å²) in [7, 11) is 0. The molecule has 0 fully saturated rings. The highest BCUT2D eigenvalue weighted by Gasteiger charge is 1.74. The summed E-state index contributed by atoms with van der Waals surface area (Å²) in [6.45, 7) is 0. The lowest BCUT2D eigenvalue weighted by molar-refractivity contribution is -0.564. The van der Waals surface area contributed by atoms with Crippen molar-refractivity contribution in [3.63, 3.8) is 0 Å². The van der Waals surface area contributed by atoms with E-state index in [0.717, 1.165) is 0 Å². The Morgan fingerprint density at radius 3 is 2.71 bits per heavy atom. The summed E-state index contributed by atoms with van der Waals surface area (Å²) in [6, 6.07) is 0. The van der Waals surface area contributed by atoms with Gasteiger partial charge in [-0.2, -0.15) is 4.09 Å². The molecule has 1 rings (SSSR count). The Hall–Kier alpha value is -0.770. The molecule has 1 aromatic heterocycles. The first-order chi connectivity index (χ1) is 3.39. The Labute approximate surface area is 46.6 Å². The molecule has 1 heterocycles. The van der Waals surface area contributed by atoms with Crippen LogP contribution in [0.1, 0.15) is 0 Å². The highest BCUT2D eigenvalue weighted by atomic mass is 32.1. The Morgan fingerprint density at radius 1 is 1.57 bits per heavy atom. The van der Waals surface area contributed by atoms with Gasteiger partial charge in [-0.1, -0.05) is 0 Å². The van der Waals surface area contributed by atoms with Crippen molar-refractivity contribution in [2.45, 2.75) is 0 Å². The van der Waals surface area contributed by atoms with Crippen molar-refractivity contribution >= 4 is 12.8 Å². The Kier molecular flexibility index (Phi) is 1.12. The molecule has 7 heavy (non-hydrogen) atoms. The van der Waals surface area contributed by atoms with Gasteiger partial charge in [-0.25, -0.2) is 4.98 Å². The van der Waals surface area contributed by atoms with Crippen LogP contribution in [-0.2, 0) is 12.8 Å². The summed E-state index contributed by atoms with van der Waals surface area (Å²) in [5.41, 5.74) is 0. The lowest BCUT2D eigenvalue weighted by Gasteiger charge is -1.85. The topological polar surface area (TPSA) is 29.7 Å². The van der Waals surface area contributed by atoms with Crippen LogP contribution in [0.2, 0.25) is 0 Å². The molecular formula is C3H3N3S. The van der Waals surface area contributed by atoms with E-state index in [-0.39, 0.29) is 0 Å². The van der Waals surface area contributed by atoms with Gasteiger partial charge in [-0.15, -0.1) is 0 Å². The molecule has 1 aromatic rings. The van der Waals surface area contributed by atoms with Gasteiger partial charge in [0.2, 0.25) is 0 Å². The first-order valence-corrected chi connectivity index (χ1v) is 2.11. The van der Waals surface area contributed by atoms with Crippen LogP contribution >= 0.6 is 0 Å². The molecule has 0 saturated heterocycles. The monoisotopic (exact) mass is 113 g/mol. The fraction of sp³-hybridized carbons (Fsp3) is 0. The lowest BCUT2D eigenvalue weighted by Crippen LogP contribution is -2.29. The van der Waals surface area contributed by atoms with Gasteiger partial charge in [0.15, 0.2) is 12.5 Å². The normalized spacial score (nSPS) is 8.57. The van der Waals surface area contributed by atoms with E-state index in [1.807, 2.05) is 0 Å². The van der Waals surface area contributed by atoms with Gasteiger partial charge in [0.05, 0.1) is 6.20 Å². The van der Waals surface area contributed by atoms with Crippen molar-refractivity contribution in [1.82, 2.24) is 10.1 Å². The maximum Gasteiger partial charge on any atom is 0.197 e. The van der Waals surface area contributed by atoms with Crippen molar-refractivity contribution < 1.29 is 4.09 Å². The average Bonchev–Trinajstić information content (AvgIpc) is 1.69. The first kappa shape index (κ1) is 4.39. The largest absolute Gasteiger partial charge is 0.393 e. The smallest absolute Gasteiger partial charge is 0.197 e. The number of hydrogen-bond donors (Lipinski definition) is 0. The third-order valence-electron chi connectivity index (χ3n) is 0.512. The van der Waals surface area contributed by atoms with Crippen LogP contribution in [0.3, 0.4) is 0 Å². The van der Waals surface area contributed by atoms with Crippen LogP contribution in [0.15, 0.2) is 18.7 Å². The zero-order valence-corrected chi connectivity index (χ0v) is 4.30. The van der Waals surface area contributed by atoms with E-state index < -0.39 is 0 Å². The predicted octanol–water partition coefficient (Wildman–Crippen LogP) is -0.926. The molecular weight excluding hydrogens is 110 g/mol. The molecule has 0 amide bonds. The summed E-state index contributed by atoms with van der Waals surface area (Å²) in [4.78, 5) is 3.65. The minimum Gasteiger partial charge on any atom is -0.393 e. The van der Waals surface area contributed by atoms with Gasteiger partial charge in [0, 0.05) is 0 Å². The number of rotatable bonds is 0. The molecule has 0 atom stereocenters. The third-order valence-corrected chi connectivity index (χ3v) is 0.728. The maximum absolute atomic E-state index is 4.58. The van der Waals surface area contributed by atoms with Crippen LogP contribution in [0.25, 0.3) is 0 Å². The van der Waals surface area contributed by atoms with Crippen LogP contribution < -0.4 is 4.09 Å². The molecule has 3 nitrogen and oxygen atoms in total. The van der Waals surface area contributed by atoms with Gasteiger partial charge >= 0.3 is 0 Å². The lowest BCUT2D eigenvalue weighted by atomic mass is 10.9. The Bertz CT molecular complexity index is 140. The van der Waals surface area contributed by atoms with Gasteiger partial charge in [-0.05, 0) is 5.10 Å². The van der Waals surface area contributed by atoms with Crippen molar-refractivity contribution in [3.05, 3.63) is 18.7 Å². The molecule has 0 aliphatic carbocycles. The summed E-state index contributed by atoms with van der Waals surface area (Å²) < 4.78 is 1.27. The van der Waals surface area contributed by atoms with Crippen LogP contribution in [-0.4, -0.2) is 10.1 Å². The SMILES string of the molecule is [S-][n+]1ccncn1. The maximum atomic E-state index is 4.58. The quantitative estimate of drug-likeness (QED) is 0.322. The zero-order valence-electron chi connectivity index (χ0n) is 3.48. The second-order valence-corrected chi connectivity index (χ2v) is 1.35. The van der Waals surface area contributed by atoms with E-state index in [9.17, 15) is 0 Å². The van der Waals surface area contributed by atoms with Crippen molar-refractivity contribution in [2.24, 2.45) is 0 Å². The molecule has 36 valence electrons. The van der Waals surface area contributed by atoms with E-state index in [4.69, 9.17) is 0 Å². The van der Waals surface area contributed by atoms with Crippen LogP contribution in [0, 0.1) is 0 Å². The fourth-order valence-corrected chi connectivity index (χ4v) is 0.350. The molecule has 0 N–H and O–H groups in total. The van der Waals surface area contributed by atoms with E-state index in [0.29, 0.717) is 0 Å². The van der Waals surface area contributed by atoms with Gasteiger partial charge < -0.3 is 12.8 Å². The molecule has 0 aromatic carbocycles. The molecule has 4 heteroatoms. The van der Waals surface area contributed by atoms with Crippen molar-refractivity contribution in [2.75, 3.05) is 0 Å². The first-order valence-electron chi connectivity index (χ1n) is 1.75. The summed E-state index contributed by atoms with van der Waals surface area (Å²) in [5.74, 6) is 0. The highest BCUT2D eigenvalue weighted by molar-refractivity contribution is 7.50. The van der Waals surface area contributed by atoms with Crippen molar-refractivity contribution in [1.29, 1.82) is 0 Å². The molecule has 0 aliphatic heterocycles. The van der Waals surface area contributed by atoms with Crippen LogP contribution in [0.5, 0.6) is 0 Å². The number of nitrogens with zero attached hydrogens (tertiary/aromatic N) is 3. The second kappa shape index (κ2) is 1.79. The highest BCUT2D eigenvalue weighted by Crippen LogP contribution is 1.57. The van der Waals surface area contributed by atoms with Gasteiger partial charge in [0.1, 0.15) is 0 Å². The minimum atomic E-state index is 1.27. The predicted molar refractivity (Wildman–Crippen MR) is 25.0 cm³/mol.